The molecule has 26 heteroatoms. The van der Waals surface area contributed by atoms with Gasteiger partial charge in [-0.3, -0.25) is 56.5 Å². The van der Waals surface area contributed by atoms with Crippen LogP contribution in [0.1, 0.15) is 55.6 Å². The molecule has 0 aliphatic carbocycles. The molecule has 0 aliphatic rings. The molecule has 0 saturated heterocycles. The van der Waals surface area contributed by atoms with Crippen molar-refractivity contribution in [1.82, 2.24) is 56.5 Å². The third-order valence-corrected chi connectivity index (χ3v) is 23.6. The van der Waals surface area contributed by atoms with Crippen molar-refractivity contribution in [2.75, 3.05) is 7.11 Å². The van der Waals surface area contributed by atoms with Crippen molar-refractivity contribution in [3.05, 3.63) is 370 Å². The fraction of sp³-hybridized carbons (Fsp3) is 0.0874. The highest BCUT2D eigenvalue weighted by molar-refractivity contribution is 6.31. The number of benzene rings is 12. The Labute approximate surface area is 738 Å². The number of hydrogen-bond acceptors (Lipinski definition) is 15. The van der Waals surface area contributed by atoms with Gasteiger partial charge in [-0.25, -0.2) is 28.0 Å². The molecule has 0 radical (unpaired) electrons. The van der Waals surface area contributed by atoms with Crippen LogP contribution in [0.4, 0.5) is 8.78 Å². The summed E-state index contributed by atoms with van der Waals surface area (Å²) in [5.74, 6) is -0.571. The summed E-state index contributed by atoms with van der Waals surface area (Å²) in [5, 5.41) is 59.8. The number of aryl methyl sites for hydroxylation is 8. The Morgan fingerprint density at radius 2 is 0.605 bits per heavy atom. The Morgan fingerprint density at radius 1 is 0.318 bits per heavy atom. The molecular formula is C103H69ClF2N18O5. The number of rotatable bonds is 9. The van der Waals surface area contributed by atoms with Crippen molar-refractivity contribution in [3.8, 4) is 109 Å². The first-order valence-electron chi connectivity index (χ1n) is 40.2. The molecule has 12 aromatic carbocycles. The molecule has 23 nitrogen and oxygen atoms in total. The number of nitriles is 6. The van der Waals surface area contributed by atoms with Gasteiger partial charge in [-0.2, -0.15) is 31.6 Å². The largest absolute Gasteiger partial charge is 0.494 e. The number of hydrogen-bond donors (Lipinski definition) is 0. The fourth-order valence-corrected chi connectivity index (χ4v) is 16.5. The molecule has 0 unspecified atom stereocenters. The molecule has 129 heavy (non-hydrogen) atoms. The molecule has 8 heterocycles. The Balaban J connectivity index is 0.000000121. The standard InChI is InChI=1S/C26H16ClN5O.C26H19FN4O2.C26H17N5O.C25H17FN4O/c1-15-3-4-16(12-28)9-23(15)32-25-20-11-18(17-5-7-21(27)19(10-17)13-29)6-8-22(20)30-14-24(25)31(2)26(32)33;1-15-4-5-16(13-28)10-22(15)31-25-19-11-17(18-6-8-20(27)24(12-18)33-3)7-9-21(19)29-14-23(25)30(2)26(31)32;1-16-6-7-18(14-28)11-23(16)31-25-21-12-20(19-5-3-4-17(10-19)13-27)8-9-22(21)29-15-24(25)30(2)26(31)32;1-15-3-4-16(13-27)11-22(15)30-24-20-12-18(17-5-8-19(26)9-6-17)7-10-21(20)28-14-23(24)29(2)25(30)31/h3-11,14H,1-2H3;4-12,14H,1-3H3;3-12,15H,1-2H3;3-12,14H,1-2H3. The van der Waals surface area contributed by atoms with Gasteiger partial charge in [-0.15, -0.1) is 0 Å². The molecule has 8 aromatic heterocycles. The topological polar surface area (TPSA) is 311 Å². The van der Waals surface area contributed by atoms with Crippen molar-refractivity contribution in [2.45, 2.75) is 27.7 Å². The second-order valence-electron chi connectivity index (χ2n) is 30.9. The van der Waals surface area contributed by atoms with Crippen molar-refractivity contribution in [2.24, 2.45) is 28.2 Å². The molecule has 0 amide bonds. The van der Waals surface area contributed by atoms with E-state index in [0.29, 0.717) is 99.8 Å². The number of aromatic nitrogens is 12. The highest BCUT2D eigenvalue weighted by Gasteiger charge is 2.25. The van der Waals surface area contributed by atoms with E-state index >= 15 is 0 Å². The Morgan fingerprint density at radius 3 is 0.930 bits per heavy atom. The lowest BCUT2D eigenvalue weighted by Crippen LogP contribution is -2.21. The van der Waals surface area contributed by atoms with Gasteiger partial charge in [-0.05, 0) is 240 Å². The quantitative estimate of drug-likeness (QED) is 0.130. The molecule has 0 saturated carbocycles. The number of imidazole rings is 4. The Bertz CT molecular complexity index is 8720. The SMILES string of the molecule is COc1cc(-c2ccc3ncc4c(c3c2)n(-c2cc(C#N)ccc2C)c(=O)n4C)ccc1F.Cc1ccc(C#N)cc1-n1c(=O)n(C)c2cnc3ccc(-c4ccc(Cl)c(C#N)c4)cc3c21.Cc1ccc(C#N)cc1-n1c(=O)n(C)c2cnc3ccc(-c4ccc(F)cc4)cc3c21.Cc1ccc(C#N)cc1-n1c(=O)n(C)c2cnc3ccc(-c4cccc(C#N)c4)cc3c21. The summed E-state index contributed by atoms with van der Waals surface area (Å²) in [6, 6.07) is 81.0. The highest BCUT2D eigenvalue weighted by Crippen LogP contribution is 2.38. The predicted octanol–water partition coefficient (Wildman–Crippen LogP) is 19.6. The predicted molar refractivity (Wildman–Crippen MR) is 496 cm³/mol. The van der Waals surface area contributed by atoms with Crippen LogP contribution in [0.3, 0.4) is 0 Å². The fourth-order valence-electron chi connectivity index (χ4n) is 16.3. The number of pyridine rings is 4. The first-order chi connectivity index (χ1) is 62.3. The molecule has 0 N–H and O–H groups in total. The van der Waals surface area contributed by atoms with Crippen LogP contribution < -0.4 is 27.5 Å². The van der Waals surface area contributed by atoms with Crippen LogP contribution >= 0.6 is 11.6 Å². The average Bonchev–Trinajstić information content (AvgIpc) is 1.59. The molecule has 0 atom stereocenters. The summed E-state index contributed by atoms with van der Waals surface area (Å²) in [6.07, 6.45) is 6.76. The zero-order valence-corrected chi connectivity index (χ0v) is 71.2. The number of methoxy groups -OCH3 is 1. The first-order valence-corrected chi connectivity index (χ1v) is 40.6. The lowest BCUT2D eigenvalue weighted by Gasteiger charge is -2.11. The number of halogens is 3. The van der Waals surface area contributed by atoms with Crippen LogP contribution in [-0.2, 0) is 28.2 Å². The normalized spacial score (nSPS) is 11.0. The zero-order valence-electron chi connectivity index (χ0n) is 70.5. The summed E-state index contributed by atoms with van der Waals surface area (Å²) in [4.78, 5) is 71.4. The molecule has 0 bridgehead atoms. The van der Waals surface area contributed by atoms with Crippen molar-refractivity contribution in [3.63, 3.8) is 0 Å². The maximum atomic E-state index is 13.9. The van der Waals surface area contributed by atoms with Crippen LogP contribution in [-0.4, -0.2) is 63.6 Å². The molecule has 0 aliphatic heterocycles. The van der Waals surface area contributed by atoms with Gasteiger partial charge in [0.15, 0.2) is 11.6 Å². The van der Waals surface area contributed by atoms with E-state index in [1.165, 1.54) is 25.3 Å². The summed E-state index contributed by atoms with van der Waals surface area (Å²) >= 11 is 6.11. The van der Waals surface area contributed by atoms with E-state index < -0.39 is 5.82 Å². The number of ether oxygens (including phenoxy) is 1. The zero-order chi connectivity index (χ0) is 90.7. The minimum atomic E-state index is -0.434. The van der Waals surface area contributed by atoms with Gasteiger partial charge in [0, 0.05) is 49.7 Å². The first kappa shape index (κ1) is 83.5. The van der Waals surface area contributed by atoms with Crippen LogP contribution in [0.25, 0.3) is 155 Å². The monoisotopic (exact) mass is 1710 g/mol. The number of fused-ring (bicyclic) bond motifs is 12. The molecule has 20 rings (SSSR count). The third kappa shape index (κ3) is 14.9. The molecular weight excluding hydrogens is 1640 g/mol. The van der Waals surface area contributed by atoms with E-state index in [-0.39, 0.29) is 34.3 Å². The summed E-state index contributed by atoms with van der Waals surface area (Å²) in [6.45, 7) is 7.65. The minimum absolute atomic E-state index is 0.157. The van der Waals surface area contributed by atoms with Crippen molar-refractivity contribution < 1.29 is 13.5 Å². The van der Waals surface area contributed by atoms with Gasteiger partial charge in [-0.1, -0.05) is 96.5 Å². The van der Waals surface area contributed by atoms with E-state index in [4.69, 9.17) is 16.3 Å². The summed E-state index contributed by atoms with van der Waals surface area (Å²) < 4.78 is 45.3. The molecule has 20 aromatic rings. The lowest BCUT2D eigenvalue weighted by molar-refractivity contribution is 0.387. The number of nitrogens with zero attached hydrogens (tertiary/aromatic N) is 18. The van der Waals surface area contributed by atoms with Gasteiger partial charge in [0.05, 0.1) is 190 Å². The van der Waals surface area contributed by atoms with Crippen LogP contribution in [0.2, 0.25) is 5.02 Å². The van der Waals surface area contributed by atoms with Crippen molar-refractivity contribution >= 4 is 99.3 Å². The smallest absolute Gasteiger partial charge is 0.333 e. The van der Waals surface area contributed by atoms with E-state index in [9.17, 15) is 59.5 Å². The van der Waals surface area contributed by atoms with Gasteiger partial charge < -0.3 is 4.74 Å². The Hall–Kier alpha value is -17.8. The van der Waals surface area contributed by atoms with Gasteiger partial charge in [0.25, 0.3) is 0 Å². The molecule has 622 valence electrons. The van der Waals surface area contributed by atoms with E-state index in [0.717, 1.165) is 116 Å². The van der Waals surface area contributed by atoms with E-state index in [1.807, 2.05) is 149 Å². The Kier molecular flexibility index (Phi) is 21.9. The van der Waals surface area contributed by atoms with Gasteiger partial charge in [0.2, 0.25) is 0 Å². The van der Waals surface area contributed by atoms with Gasteiger partial charge in [0.1, 0.15) is 11.9 Å². The third-order valence-electron chi connectivity index (χ3n) is 23.3. The van der Waals surface area contributed by atoms with Gasteiger partial charge >= 0.3 is 22.8 Å². The van der Waals surface area contributed by atoms with E-state index in [2.05, 4.69) is 56.4 Å². The van der Waals surface area contributed by atoms with Crippen LogP contribution in [0.5, 0.6) is 5.75 Å². The lowest BCUT2D eigenvalue weighted by atomic mass is 10.0. The van der Waals surface area contributed by atoms with Crippen molar-refractivity contribution in [1.29, 1.82) is 31.6 Å². The van der Waals surface area contributed by atoms with Crippen LogP contribution in [0.15, 0.2) is 274 Å². The minimum Gasteiger partial charge on any atom is -0.494 e. The highest BCUT2D eigenvalue weighted by atomic mass is 35.5. The molecule has 0 spiro atoms. The summed E-state index contributed by atoms with van der Waals surface area (Å²) in [5.41, 5.74) is 23.6. The second kappa shape index (κ2) is 33.8. The van der Waals surface area contributed by atoms with Crippen LogP contribution in [0, 0.1) is 107 Å². The second-order valence-corrected chi connectivity index (χ2v) is 31.3. The maximum absolute atomic E-state index is 13.9. The van der Waals surface area contributed by atoms with E-state index in [1.54, 1.807) is 181 Å². The average molecular weight is 1710 g/mol. The maximum Gasteiger partial charge on any atom is 0.333 e. The molecule has 0 fully saturated rings. The summed E-state index contributed by atoms with van der Waals surface area (Å²) in [7, 11) is 8.27.